The summed E-state index contributed by atoms with van der Waals surface area (Å²) in [4.78, 5) is 18.1. The largest absolute Gasteiger partial charge is 0.390 e. The van der Waals surface area contributed by atoms with Crippen molar-refractivity contribution in [2.75, 3.05) is 26.2 Å². The van der Waals surface area contributed by atoms with Crippen molar-refractivity contribution in [2.24, 2.45) is 16.7 Å². The van der Waals surface area contributed by atoms with E-state index in [1.54, 1.807) is 0 Å². The quantitative estimate of drug-likeness (QED) is 0.840. The third kappa shape index (κ3) is 3.40. The Labute approximate surface area is 173 Å². The Morgan fingerprint density at radius 3 is 2.45 bits per heavy atom. The second kappa shape index (κ2) is 6.78. The Kier molecular flexibility index (Phi) is 4.56. The van der Waals surface area contributed by atoms with Crippen LogP contribution in [0.5, 0.6) is 0 Å². The number of hydrogen-bond acceptors (Lipinski definition) is 3. The zero-order valence-electron chi connectivity index (χ0n) is 17.5. The van der Waals surface area contributed by atoms with Gasteiger partial charge in [0.2, 0.25) is 5.91 Å². The van der Waals surface area contributed by atoms with Gasteiger partial charge in [-0.25, -0.2) is 4.39 Å². The highest BCUT2D eigenvalue weighted by molar-refractivity contribution is 5.83. The second-order valence-electron chi connectivity index (χ2n) is 10.6. The maximum Gasteiger partial charge on any atom is 0.229 e. The fourth-order valence-corrected chi connectivity index (χ4v) is 7.51. The van der Waals surface area contributed by atoms with Gasteiger partial charge in [-0.1, -0.05) is 25.5 Å². The molecule has 1 aromatic rings. The molecule has 5 heteroatoms. The molecule has 1 aliphatic heterocycles. The number of halogens is 1. The van der Waals surface area contributed by atoms with Gasteiger partial charge in [-0.3, -0.25) is 9.69 Å². The van der Waals surface area contributed by atoms with Crippen LogP contribution in [0.4, 0.5) is 4.39 Å². The van der Waals surface area contributed by atoms with Crippen molar-refractivity contribution in [2.45, 2.75) is 64.0 Å². The van der Waals surface area contributed by atoms with Gasteiger partial charge in [0.1, 0.15) is 5.82 Å². The lowest BCUT2D eigenvalue weighted by Crippen LogP contribution is -2.65. The lowest BCUT2D eigenvalue weighted by Gasteiger charge is -2.65. The number of carbonyl (C=O) groups is 1. The van der Waals surface area contributed by atoms with Crippen LogP contribution < -0.4 is 0 Å². The van der Waals surface area contributed by atoms with Crippen molar-refractivity contribution >= 4 is 5.91 Å². The zero-order chi connectivity index (χ0) is 20.3. The first-order valence-electron chi connectivity index (χ1n) is 11.3. The molecule has 4 saturated carbocycles. The van der Waals surface area contributed by atoms with Gasteiger partial charge >= 0.3 is 0 Å². The van der Waals surface area contributed by atoms with E-state index < -0.39 is 5.60 Å². The summed E-state index contributed by atoms with van der Waals surface area (Å²) in [6.07, 6.45) is 6.70. The molecule has 0 radical (unpaired) electrons. The lowest BCUT2D eigenvalue weighted by atomic mass is 9.42. The average Bonchev–Trinajstić information content (AvgIpc) is 2.68. The summed E-state index contributed by atoms with van der Waals surface area (Å²) >= 11 is 0. The highest BCUT2D eigenvalue weighted by Gasteiger charge is 2.65. The van der Waals surface area contributed by atoms with E-state index in [0.717, 1.165) is 70.4 Å². The minimum absolute atomic E-state index is 0.175. The summed E-state index contributed by atoms with van der Waals surface area (Å²) in [5.41, 5.74) is 0.340. The number of hydrogen-bond donors (Lipinski definition) is 1. The van der Waals surface area contributed by atoms with Gasteiger partial charge in [0.15, 0.2) is 0 Å². The molecule has 1 amide bonds. The maximum atomic E-state index is 13.7. The molecule has 5 aliphatic rings. The SMILES string of the molecule is CCC12CC3CC(O)(C1)CC(C(=O)N1CCN(Cc4ccc(F)cc4)CC1)(C3)C2. The summed E-state index contributed by atoms with van der Waals surface area (Å²) in [5.74, 6) is 0.616. The van der Waals surface area contributed by atoms with Crippen molar-refractivity contribution in [1.29, 1.82) is 0 Å². The van der Waals surface area contributed by atoms with Gasteiger partial charge in [-0.15, -0.1) is 0 Å². The van der Waals surface area contributed by atoms with E-state index in [2.05, 4.69) is 16.7 Å². The minimum Gasteiger partial charge on any atom is -0.390 e. The summed E-state index contributed by atoms with van der Waals surface area (Å²) < 4.78 is 13.1. The van der Waals surface area contributed by atoms with Gasteiger partial charge < -0.3 is 10.0 Å². The fraction of sp³-hybridized carbons (Fsp3) is 0.708. The number of amides is 1. The predicted molar refractivity (Wildman–Crippen MR) is 110 cm³/mol. The molecule has 158 valence electrons. The number of nitrogens with zero attached hydrogens (tertiary/aromatic N) is 2. The Hall–Kier alpha value is -1.46. The fourth-order valence-electron chi connectivity index (χ4n) is 7.51. The maximum absolute atomic E-state index is 13.7. The first kappa shape index (κ1) is 19.5. The molecule has 29 heavy (non-hydrogen) atoms. The van der Waals surface area contributed by atoms with Crippen molar-refractivity contribution in [3.05, 3.63) is 35.6 Å². The molecule has 4 nitrogen and oxygen atoms in total. The van der Waals surface area contributed by atoms with E-state index in [1.807, 2.05) is 12.1 Å². The molecular weight excluding hydrogens is 367 g/mol. The zero-order valence-corrected chi connectivity index (χ0v) is 17.5. The van der Waals surface area contributed by atoms with Crippen LogP contribution >= 0.6 is 0 Å². The van der Waals surface area contributed by atoms with Gasteiger partial charge in [-0.05, 0) is 67.6 Å². The van der Waals surface area contributed by atoms with Crippen molar-refractivity contribution < 1.29 is 14.3 Å². The Balaban J connectivity index is 1.25. The molecule has 0 spiro atoms. The molecule has 5 fully saturated rings. The van der Waals surface area contributed by atoms with Gasteiger partial charge in [0.25, 0.3) is 0 Å². The highest BCUT2D eigenvalue weighted by Crippen LogP contribution is 2.68. The molecule has 6 rings (SSSR count). The Morgan fingerprint density at radius 2 is 1.79 bits per heavy atom. The molecule has 4 atom stereocenters. The van der Waals surface area contributed by atoms with E-state index in [4.69, 9.17) is 0 Å². The van der Waals surface area contributed by atoms with Crippen molar-refractivity contribution in [1.82, 2.24) is 9.80 Å². The Bertz CT molecular complexity index is 791. The number of rotatable bonds is 4. The van der Waals surface area contributed by atoms with E-state index in [9.17, 15) is 14.3 Å². The second-order valence-corrected chi connectivity index (χ2v) is 10.6. The smallest absolute Gasteiger partial charge is 0.229 e. The van der Waals surface area contributed by atoms with Crippen LogP contribution in [-0.4, -0.2) is 52.6 Å². The molecule has 1 N–H and O–H groups in total. The summed E-state index contributed by atoms with van der Waals surface area (Å²) in [5, 5.41) is 11.2. The van der Waals surface area contributed by atoms with Gasteiger partial charge in [0, 0.05) is 32.7 Å². The number of carbonyl (C=O) groups excluding carboxylic acids is 1. The van der Waals surface area contributed by atoms with E-state index in [0.29, 0.717) is 18.2 Å². The van der Waals surface area contributed by atoms with Crippen LogP contribution in [0.25, 0.3) is 0 Å². The Morgan fingerprint density at radius 1 is 1.07 bits per heavy atom. The highest BCUT2D eigenvalue weighted by atomic mass is 19.1. The van der Waals surface area contributed by atoms with E-state index in [1.165, 1.54) is 18.6 Å². The number of benzene rings is 1. The molecule has 4 bridgehead atoms. The number of piperazine rings is 1. The monoisotopic (exact) mass is 400 g/mol. The standard InChI is InChI=1S/C24H33FN2O2/c1-2-22-11-19-12-23(15-22,17-24(29,13-19)16-22)21(28)27-9-7-26(8-10-27)14-18-3-5-20(25)6-4-18/h3-6,19,29H,2,7-17H2,1H3. The first-order valence-corrected chi connectivity index (χ1v) is 11.3. The lowest BCUT2D eigenvalue weighted by molar-refractivity contribution is -0.210. The van der Waals surface area contributed by atoms with E-state index in [-0.39, 0.29) is 16.6 Å². The van der Waals surface area contributed by atoms with Crippen LogP contribution in [0.3, 0.4) is 0 Å². The third-order valence-corrected chi connectivity index (χ3v) is 8.34. The normalized spacial score (nSPS) is 39.1. The molecule has 0 aromatic heterocycles. The van der Waals surface area contributed by atoms with Gasteiger partial charge in [-0.2, -0.15) is 0 Å². The van der Waals surface area contributed by atoms with Crippen LogP contribution in [0, 0.1) is 22.6 Å². The number of aliphatic hydroxyl groups is 1. The summed E-state index contributed by atoms with van der Waals surface area (Å²) in [7, 11) is 0. The first-order chi connectivity index (χ1) is 13.8. The molecule has 1 saturated heterocycles. The van der Waals surface area contributed by atoms with Crippen LogP contribution in [0.1, 0.15) is 57.4 Å². The van der Waals surface area contributed by atoms with E-state index >= 15 is 0 Å². The third-order valence-electron chi connectivity index (χ3n) is 8.34. The van der Waals surface area contributed by atoms with Crippen LogP contribution in [-0.2, 0) is 11.3 Å². The topological polar surface area (TPSA) is 43.8 Å². The molecule has 1 heterocycles. The average molecular weight is 401 g/mol. The molecule has 4 unspecified atom stereocenters. The molecule has 1 aromatic carbocycles. The van der Waals surface area contributed by atoms with Crippen molar-refractivity contribution in [3.63, 3.8) is 0 Å². The van der Waals surface area contributed by atoms with Crippen LogP contribution in [0.2, 0.25) is 0 Å². The van der Waals surface area contributed by atoms with Gasteiger partial charge in [0.05, 0.1) is 11.0 Å². The molecular formula is C24H33FN2O2. The summed E-state index contributed by atoms with van der Waals surface area (Å²) in [6.45, 7) is 6.25. The minimum atomic E-state index is -0.616. The van der Waals surface area contributed by atoms with Crippen LogP contribution in [0.15, 0.2) is 24.3 Å². The predicted octanol–water partition coefficient (Wildman–Crippen LogP) is 3.58. The molecule has 4 aliphatic carbocycles. The van der Waals surface area contributed by atoms with Crippen molar-refractivity contribution in [3.8, 4) is 0 Å². The summed E-state index contributed by atoms with van der Waals surface area (Å²) in [6, 6.07) is 6.70.